The first-order valence-corrected chi connectivity index (χ1v) is 12.4. The molecule has 1 aromatic carbocycles. The smallest absolute Gasteiger partial charge is 0.408 e. The molecule has 1 aromatic rings. The quantitative estimate of drug-likeness (QED) is 0.568. The van der Waals surface area contributed by atoms with E-state index in [9.17, 15) is 4.79 Å². The number of nitrogens with zero attached hydrogens (tertiary/aromatic N) is 3. The van der Waals surface area contributed by atoms with Gasteiger partial charge in [-0.2, -0.15) is 5.26 Å². The van der Waals surface area contributed by atoms with Crippen LogP contribution >= 0.6 is 12.2 Å². The molecule has 186 valence electrons. The highest BCUT2D eigenvalue weighted by Gasteiger charge is 2.36. The maximum absolute atomic E-state index is 12.5. The molecule has 0 aromatic heterocycles. The number of alkyl carbamates (subject to hydrolysis) is 1. The van der Waals surface area contributed by atoms with Crippen LogP contribution in [0, 0.1) is 23.2 Å². The van der Waals surface area contributed by atoms with Crippen molar-refractivity contribution in [2.45, 2.75) is 45.8 Å². The van der Waals surface area contributed by atoms with Crippen molar-refractivity contribution in [2.75, 3.05) is 45.9 Å². The molecule has 0 saturated carbocycles. The van der Waals surface area contributed by atoms with Crippen molar-refractivity contribution in [3.63, 3.8) is 0 Å². The predicted molar refractivity (Wildman–Crippen MR) is 136 cm³/mol. The Morgan fingerprint density at radius 3 is 2.41 bits per heavy atom. The summed E-state index contributed by atoms with van der Waals surface area (Å²) in [5.74, 6) is 1.76. The molecule has 0 spiro atoms. The van der Waals surface area contributed by atoms with Crippen molar-refractivity contribution < 1.29 is 14.3 Å². The van der Waals surface area contributed by atoms with Gasteiger partial charge in [-0.15, -0.1) is 0 Å². The number of thiocarbonyl (C=S) groups is 1. The van der Waals surface area contributed by atoms with E-state index in [1.165, 1.54) is 6.42 Å². The number of nitrogens with one attached hydrogen (secondary N) is 2. The van der Waals surface area contributed by atoms with E-state index in [1.807, 2.05) is 20.8 Å². The number of carbonyl (C=O) groups excluding carboxylic acids is 1. The van der Waals surface area contributed by atoms with E-state index in [2.05, 4.69) is 33.4 Å². The number of benzene rings is 1. The lowest BCUT2D eigenvalue weighted by Crippen LogP contribution is -2.58. The Kier molecular flexibility index (Phi) is 8.97. The van der Waals surface area contributed by atoms with Gasteiger partial charge in [0.15, 0.2) is 5.11 Å². The van der Waals surface area contributed by atoms with Crippen LogP contribution in [0.4, 0.5) is 4.79 Å². The van der Waals surface area contributed by atoms with Gasteiger partial charge in [-0.25, -0.2) is 4.79 Å². The van der Waals surface area contributed by atoms with Gasteiger partial charge < -0.3 is 29.9 Å². The number of likely N-dealkylation sites (tertiary alicyclic amines) is 2. The second-order valence-electron chi connectivity index (χ2n) is 10.2. The summed E-state index contributed by atoms with van der Waals surface area (Å²) in [5.41, 5.74) is 0.0115. The molecule has 8 nitrogen and oxygen atoms in total. The second-order valence-corrected chi connectivity index (χ2v) is 10.6. The number of piperidine rings is 2. The zero-order valence-electron chi connectivity index (χ0n) is 20.7. The molecule has 0 aliphatic carbocycles. The number of nitriles is 1. The van der Waals surface area contributed by atoms with Gasteiger partial charge in [-0.05, 0) is 82.4 Å². The molecule has 3 atom stereocenters. The van der Waals surface area contributed by atoms with E-state index in [0.29, 0.717) is 36.3 Å². The third-order valence-corrected chi connectivity index (χ3v) is 6.31. The van der Waals surface area contributed by atoms with Crippen molar-refractivity contribution in [1.29, 1.82) is 5.26 Å². The van der Waals surface area contributed by atoms with E-state index < -0.39 is 11.7 Å². The van der Waals surface area contributed by atoms with Crippen molar-refractivity contribution >= 4 is 23.4 Å². The molecule has 2 bridgehead atoms. The van der Waals surface area contributed by atoms with E-state index in [0.717, 1.165) is 37.8 Å². The highest BCUT2D eigenvalue weighted by molar-refractivity contribution is 7.80. The Hall–Kier alpha value is -2.57. The van der Waals surface area contributed by atoms with Gasteiger partial charge in [0, 0.05) is 39.3 Å². The van der Waals surface area contributed by atoms with Crippen molar-refractivity contribution in [3.05, 3.63) is 29.8 Å². The lowest BCUT2D eigenvalue weighted by molar-refractivity contribution is 0.0360. The van der Waals surface area contributed by atoms with E-state index in [4.69, 9.17) is 27.0 Å². The first-order valence-electron chi connectivity index (χ1n) is 12.0. The van der Waals surface area contributed by atoms with E-state index in [-0.39, 0.29) is 6.04 Å². The lowest BCUT2D eigenvalue weighted by atomic mass is 9.84. The average Bonchev–Trinajstić information content (AvgIpc) is 2.76. The molecule has 1 amide bonds. The summed E-state index contributed by atoms with van der Waals surface area (Å²) < 4.78 is 11.5. The molecule has 2 N–H and O–H groups in total. The minimum atomic E-state index is -0.570. The maximum Gasteiger partial charge on any atom is 0.408 e. The number of amides is 1. The average molecular weight is 488 g/mol. The summed E-state index contributed by atoms with van der Waals surface area (Å²) in [5, 5.41) is 16.1. The molecule has 2 unspecified atom stereocenters. The topological polar surface area (TPSA) is 89.9 Å². The number of fused-ring (bicyclic) bond motifs is 2. The Labute approximate surface area is 208 Å². The Morgan fingerprint density at radius 2 is 1.85 bits per heavy atom. The summed E-state index contributed by atoms with van der Waals surface area (Å²) in [6.45, 7) is 13.3. The van der Waals surface area contributed by atoms with Gasteiger partial charge >= 0.3 is 6.09 Å². The summed E-state index contributed by atoms with van der Waals surface area (Å²) in [7, 11) is 0. The Bertz CT molecular complexity index is 866. The molecule has 2 fully saturated rings. The summed E-state index contributed by atoms with van der Waals surface area (Å²) in [4.78, 5) is 17.2. The Morgan fingerprint density at radius 1 is 1.21 bits per heavy atom. The maximum atomic E-state index is 12.5. The molecule has 9 heteroatoms. The van der Waals surface area contributed by atoms with Gasteiger partial charge in [0.25, 0.3) is 0 Å². The molecular formula is C25H37N5O3S. The molecule has 2 aliphatic heterocycles. The normalized spacial score (nSPS) is 21.2. The molecule has 2 aliphatic rings. The standard InChI is InChI=1S/C25H37N5O3S/c1-5-27-23(34)30-14-19-10-20(15-30)13-29(12-19)16-21(28-24(31)33-25(2,3)4)17-32-22-8-6-18(11-26)7-9-22/h6-9,19-21H,5,10,12-17H2,1-4H3,(H,27,34)(H,28,31)/t19?,20?,21-/m0/s1. The highest BCUT2D eigenvalue weighted by Crippen LogP contribution is 2.29. The zero-order valence-corrected chi connectivity index (χ0v) is 21.5. The predicted octanol–water partition coefficient (Wildman–Crippen LogP) is 2.98. The minimum absolute atomic E-state index is 0.233. The molecule has 34 heavy (non-hydrogen) atoms. The SMILES string of the molecule is CCNC(=S)N1CC2CC(CN(C[C@@H](COc3ccc(C#N)cc3)NC(=O)OC(C)(C)C)C2)C1. The third-order valence-electron chi connectivity index (χ3n) is 5.91. The first-order chi connectivity index (χ1) is 16.1. The number of hydrogen-bond donors (Lipinski definition) is 2. The van der Waals surface area contributed by atoms with Crippen molar-refractivity contribution in [1.82, 2.24) is 20.4 Å². The number of hydrogen-bond acceptors (Lipinski definition) is 6. The van der Waals surface area contributed by atoms with Crippen LogP contribution in [-0.2, 0) is 4.74 Å². The highest BCUT2D eigenvalue weighted by atomic mass is 32.1. The Balaban J connectivity index is 1.60. The van der Waals surface area contributed by atoms with Gasteiger partial charge in [0.05, 0.1) is 17.7 Å². The van der Waals surface area contributed by atoms with Crippen LogP contribution in [0.25, 0.3) is 0 Å². The fraction of sp³-hybridized carbons (Fsp3) is 0.640. The number of rotatable bonds is 7. The van der Waals surface area contributed by atoms with Crippen molar-refractivity contribution in [3.8, 4) is 11.8 Å². The second kappa shape index (κ2) is 11.7. The zero-order chi connectivity index (χ0) is 24.7. The van der Waals surface area contributed by atoms with Gasteiger partial charge in [-0.3, -0.25) is 0 Å². The fourth-order valence-corrected chi connectivity index (χ4v) is 5.01. The van der Waals surface area contributed by atoms with Gasteiger partial charge in [-0.1, -0.05) is 0 Å². The largest absolute Gasteiger partial charge is 0.491 e. The molecule has 2 saturated heterocycles. The number of carbonyl (C=O) groups is 1. The van der Waals surface area contributed by atoms with Crippen LogP contribution in [0.3, 0.4) is 0 Å². The van der Waals surface area contributed by atoms with E-state index in [1.54, 1.807) is 24.3 Å². The van der Waals surface area contributed by atoms with Crippen molar-refractivity contribution in [2.24, 2.45) is 11.8 Å². The molecule has 3 rings (SSSR count). The van der Waals surface area contributed by atoms with Crippen LogP contribution in [0.5, 0.6) is 5.75 Å². The van der Waals surface area contributed by atoms with Crippen LogP contribution in [-0.4, -0.2) is 78.5 Å². The van der Waals surface area contributed by atoms with E-state index >= 15 is 0 Å². The number of ether oxygens (including phenoxy) is 2. The third kappa shape index (κ3) is 8.03. The minimum Gasteiger partial charge on any atom is -0.491 e. The fourth-order valence-electron chi connectivity index (χ4n) is 4.71. The summed E-state index contributed by atoms with van der Waals surface area (Å²) in [6, 6.07) is 8.87. The van der Waals surface area contributed by atoms with Crippen LogP contribution in [0.15, 0.2) is 24.3 Å². The van der Waals surface area contributed by atoms with Crippen LogP contribution in [0.1, 0.15) is 39.7 Å². The summed E-state index contributed by atoms with van der Waals surface area (Å²) in [6.07, 6.45) is 0.772. The first kappa shape index (κ1) is 26.0. The molecule has 2 heterocycles. The summed E-state index contributed by atoms with van der Waals surface area (Å²) >= 11 is 5.54. The van der Waals surface area contributed by atoms with Crippen LogP contribution in [0.2, 0.25) is 0 Å². The lowest BCUT2D eigenvalue weighted by Gasteiger charge is -2.47. The van der Waals surface area contributed by atoms with Gasteiger partial charge in [0.2, 0.25) is 0 Å². The monoisotopic (exact) mass is 487 g/mol. The van der Waals surface area contributed by atoms with Gasteiger partial charge in [0.1, 0.15) is 18.0 Å². The molecule has 0 radical (unpaired) electrons. The van der Waals surface area contributed by atoms with Crippen LogP contribution < -0.4 is 15.4 Å². The molecular weight excluding hydrogens is 450 g/mol.